The molecule has 2 rings (SSSR count). The molecular weight excluding hydrogens is 266 g/mol. The van der Waals surface area contributed by atoms with E-state index in [1.807, 2.05) is 0 Å². The lowest BCUT2D eigenvalue weighted by molar-refractivity contribution is 0.0940. The Kier molecular flexibility index (Phi) is 4.99. The van der Waals surface area contributed by atoms with Gasteiger partial charge in [-0.05, 0) is 37.9 Å². The minimum Gasteiger partial charge on any atom is -0.480 e. The van der Waals surface area contributed by atoms with E-state index >= 15 is 0 Å². The molecule has 1 aromatic rings. The molecule has 1 aliphatic rings. The maximum Gasteiger partial charge on any atom is 0.256 e. The van der Waals surface area contributed by atoms with Gasteiger partial charge >= 0.3 is 0 Å². The first kappa shape index (κ1) is 14.1. The molecule has 5 nitrogen and oxygen atoms in total. The van der Waals surface area contributed by atoms with Crippen LogP contribution in [0, 0.1) is 5.92 Å². The zero-order chi connectivity index (χ0) is 13.7. The molecule has 1 aliphatic heterocycles. The van der Waals surface area contributed by atoms with Gasteiger partial charge in [-0.1, -0.05) is 11.6 Å². The molecule has 2 heterocycles. The third kappa shape index (κ3) is 3.81. The Morgan fingerprint density at radius 3 is 3.00 bits per heavy atom. The summed E-state index contributed by atoms with van der Waals surface area (Å²) in [5.41, 5.74) is 0.379. The first-order valence-electron chi connectivity index (χ1n) is 6.39. The SMILES string of the molecule is COc1ncc(Cl)cc1C(=O)NCC1CCNCC1. The molecule has 0 bridgehead atoms. The quantitative estimate of drug-likeness (QED) is 0.878. The van der Waals surface area contributed by atoms with Gasteiger partial charge in [-0.3, -0.25) is 4.79 Å². The van der Waals surface area contributed by atoms with E-state index in [9.17, 15) is 4.79 Å². The zero-order valence-electron chi connectivity index (χ0n) is 10.9. The van der Waals surface area contributed by atoms with Crippen molar-refractivity contribution in [3.05, 3.63) is 22.8 Å². The molecular formula is C13H18ClN3O2. The number of carbonyl (C=O) groups excluding carboxylic acids is 1. The summed E-state index contributed by atoms with van der Waals surface area (Å²) < 4.78 is 5.07. The number of rotatable bonds is 4. The Morgan fingerprint density at radius 2 is 2.32 bits per heavy atom. The van der Waals surface area contributed by atoms with E-state index in [1.165, 1.54) is 13.3 Å². The van der Waals surface area contributed by atoms with Gasteiger partial charge in [0.25, 0.3) is 5.91 Å². The first-order chi connectivity index (χ1) is 9.20. The Labute approximate surface area is 117 Å². The van der Waals surface area contributed by atoms with Crippen molar-refractivity contribution in [2.75, 3.05) is 26.7 Å². The van der Waals surface area contributed by atoms with Crippen molar-refractivity contribution >= 4 is 17.5 Å². The molecule has 1 aromatic heterocycles. The first-order valence-corrected chi connectivity index (χ1v) is 6.77. The highest BCUT2D eigenvalue weighted by Gasteiger charge is 2.17. The van der Waals surface area contributed by atoms with Gasteiger partial charge in [0.15, 0.2) is 0 Å². The van der Waals surface area contributed by atoms with Crippen LogP contribution in [-0.2, 0) is 0 Å². The van der Waals surface area contributed by atoms with Crippen LogP contribution in [0.2, 0.25) is 5.02 Å². The van der Waals surface area contributed by atoms with Gasteiger partial charge in [-0.25, -0.2) is 4.98 Å². The van der Waals surface area contributed by atoms with E-state index in [0.29, 0.717) is 28.9 Å². The van der Waals surface area contributed by atoms with Crippen LogP contribution in [0.1, 0.15) is 23.2 Å². The minimum atomic E-state index is -0.189. The molecule has 0 spiro atoms. The van der Waals surface area contributed by atoms with Crippen molar-refractivity contribution in [2.24, 2.45) is 5.92 Å². The molecule has 1 amide bonds. The Bertz CT molecular complexity index is 448. The number of hydrogen-bond acceptors (Lipinski definition) is 4. The fourth-order valence-corrected chi connectivity index (χ4v) is 2.33. The maximum atomic E-state index is 12.1. The van der Waals surface area contributed by atoms with E-state index in [-0.39, 0.29) is 5.91 Å². The van der Waals surface area contributed by atoms with Crippen LogP contribution >= 0.6 is 11.6 Å². The van der Waals surface area contributed by atoms with E-state index in [1.54, 1.807) is 6.07 Å². The zero-order valence-corrected chi connectivity index (χ0v) is 11.7. The van der Waals surface area contributed by atoms with Crippen LogP contribution in [0.3, 0.4) is 0 Å². The van der Waals surface area contributed by atoms with Crippen LogP contribution in [0.15, 0.2) is 12.3 Å². The molecule has 0 unspecified atom stereocenters. The second-order valence-electron chi connectivity index (χ2n) is 4.61. The topological polar surface area (TPSA) is 63.2 Å². The lowest BCUT2D eigenvalue weighted by Crippen LogP contribution is -2.36. The van der Waals surface area contributed by atoms with Gasteiger partial charge < -0.3 is 15.4 Å². The van der Waals surface area contributed by atoms with Gasteiger partial charge in [0.2, 0.25) is 5.88 Å². The summed E-state index contributed by atoms with van der Waals surface area (Å²) in [6.45, 7) is 2.71. The number of nitrogens with one attached hydrogen (secondary N) is 2. The molecule has 1 saturated heterocycles. The molecule has 1 fully saturated rings. The number of pyridine rings is 1. The Hall–Kier alpha value is -1.33. The van der Waals surface area contributed by atoms with E-state index in [2.05, 4.69) is 15.6 Å². The van der Waals surface area contributed by atoms with E-state index in [0.717, 1.165) is 25.9 Å². The second-order valence-corrected chi connectivity index (χ2v) is 5.05. The van der Waals surface area contributed by atoms with Crippen molar-refractivity contribution in [1.29, 1.82) is 0 Å². The summed E-state index contributed by atoms with van der Waals surface area (Å²) >= 11 is 5.86. The number of nitrogens with zero attached hydrogens (tertiary/aromatic N) is 1. The lowest BCUT2D eigenvalue weighted by Gasteiger charge is -2.22. The van der Waals surface area contributed by atoms with Gasteiger partial charge in [-0.2, -0.15) is 0 Å². The smallest absolute Gasteiger partial charge is 0.256 e. The number of amides is 1. The summed E-state index contributed by atoms with van der Waals surface area (Å²) in [7, 11) is 1.49. The molecule has 104 valence electrons. The van der Waals surface area contributed by atoms with Crippen LogP contribution in [0.5, 0.6) is 5.88 Å². The van der Waals surface area contributed by atoms with E-state index in [4.69, 9.17) is 16.3 Å². The third-order valence-electron chi connectivity index (χ3n) is 3.27. The number of methoxy groups -OCH3 is 1. The average molecular weight is 284 g/mol. The molecule has 0 atom stereocenters. The number of halogens is 1. The van der Waals surface area contributed by atoms with Crippen LogP contribution in [0.25, 0.3) is 0 Å². The van der Waals surface area contributed by atoms with Crippen molar-refractivity contribution < 1.29 is 9.53 Å². The van der Waals surface area contributed by atoms with Gasteiger partial charge in [-0.15, -0.1) is 0 Å². The van der Waals surface area contributed by atoms with Crippen molar-refractivity contribution in [3.8, 4) is 5.88 Å². The summed E-state index contributed by atoms with van der Waals surface area (Å²) in [6, 6.07) is 1.57. The standard InChI is InChI=1S/C13H18ClN3O2/c1-19-13-11(6-10(14)8-17-13)12(18)16-7-9-2-4-15-5-3-9/h6,8-9,15H,2-5,7H2,1H3,(H,16,18). The number of ether oxygens (including phenoxy) is 1. The number of aromatic nitrogens is 1. The highest BCUT2D eigenvalue weighted by Crippen LogP contribution is 2.19. The molecule has 6 heteroatoms. The summed E-state index contributed by atoms with van der Waals surface area (Å²) in [5, 5.41) is 6.65. The summed E-state index contributed by atoms with van der Waals surface area (Å²) in [6.07, 6.45) is 3.64. The summed E-state index contributed by atoms with van der Waals surface area (Å²) in [5.74, 6) is 0.640. The van der Waals surface area contributed by atoms with Crippen molar-refractivity contribution in [2.45, 2.75) is 12.8 Å². The maximum absolute atomic E-state index is 12.1. The molecule has 19 heavy (non-hydrogen) atoms. The molecule has 0 radical (unpaired) electrons. The highest BCUT2D eigenvalue weighted by molar-refractivity contribution is 6.30. The largest absolute Gasteiger partial charge is 0.480 e. The van der Waals surface area contributed by atoms with Crippen molar-refractivity contribution in [1.82, 2.24) is 15.6 Å². The van der Waals surface area contributed by atoms with Crippen LogP contribution in [0.4, 0.5) is 0 Å². The summed E-state index contributed by atoms with van der Waals surface area (Å²) in [4.78, 5) is 16.1. The van der Waals surface area contributed by atoms with Gasteiger partial charge in [0.1, 0.15) is 5.56 Å². The monoisotopic (exact) mass is 283 g/mol. The number of piperidine rings is 1. The predicted molar refractivity (Wildman–Crippen MR) is 73.7 cm³/mol. The molecule has 0 saturated carbocycles. The van der Waals surface area contributed by atoms with Crippen molar-refractivity contribution in [3.63, 3.8) is 0 Å². The molecule has 0 aromatic carbocycles. The highest BCUT2D eigenvalue weighted by atomic mass is 35.5. The average Bonchev–Trinajstić information content (AvgIpc) is 2.46. The third-order valence-corrected chi connectivity index (χ3v) is 3.47. The number of carbonyl (C=O) groups is 1. The Balaban J connectivity index is 1.97. The fraction of sp³-hybridized carbons (Fsp3) is 0.538. The van der Waals surface area contributed by atoms with Gasteiger partial charge in [0.05, 0.1) is 12.1 Å². The second kappa shape index (κ2) is 6.73. The van der Waals surface area contributed by atoms with E-state index < -0.39 is 0 Å². The molecule has 2 N–H and O–H groups in total. The van der Waals surface area contributed by atoms with Crippen LogP contribution in [-0.4, -0.2) is 37.6 Å². The molecule has 0 aliphatic carbocycles. The predicted octanol–water partition coefficient (Wildman–Crippen LogP) is 1.47. The fourth-order valence-electron chi connectivity index (χ4n) is 2.17. The van der Waals surface area contributed by atoms with Crippen LogP contribution < -0.4 is 15.4 Å². The Morgan fingerprint density at radius 1 is 1.58 bits per heavy atom. The number of hydrogen-bond donors (Lipinski definition) is 2. The normalized spacial score (nSPS) is 16.1. The minimum absolute atomic E-state index is 0.189. The lowest BCUT2D eigenvalue weighted by atomic mass is 9.98. The van der Waals surface area contributed by atoms with Gasteiger partial charge in [0, 0.05) is 12.7 Å².